The zero-order valence-corrected chi connectivity index (χ0v) is 25.1. The van der Waals surface area contributed by atoms with Crippen LogP contribution in [0.25, 0.3) is 11.8 Å². The molecular weight excluding hydrogens is 580 g/mol. The standard InChI is InChI=1S/C33H30N4O6S/c1-3-43-32(39)28-29(21-9-5-4-6-10-21)34-33-36(30(28)22-11-14-25(42-2)15-12-22)31(38)27(44-33)20-23-19-24(37(40)41)13-16-26(23)35-17-7-8-18-35/h4-6,9-16,19-20,30H,3,7-8,17-18H2,1-2H3/b27-20-/t30-/m0/s1. The number of nitro groups is 1. The van der Waals surface area contributed by atoms with Crippen molar-refractivity contribution < 1.29 is 19.2 Å². The lowest BCUT2D eigenvalue weighted by Crippen LogP contribution is -2.40. The quantitative estimate of drug-likeness (QED) is 0.164. The average molecular weight is 611 g/mol. The second kappa shape index (κ2) is 12.3. The maximum absolute atomic E-state index is 14.3. The summed E-state index contributed by atoms with van der Waals surface area (Å²) < 4.78 is 12.7. The molecule has 10 nitrogen and oxygen atoms in total. The van der Waals surface area contributed by atoms with Gasteiger partial charge in [0.1, 0.15) is 5.75 Å². The van der Waals surface area contributed by atoms with Crippen LogP contribution in [0.5, 0.6) is 5.75 Å². The number of non-ortho nitro benzene ring substituents is 1. The number of aromatic nitrogens is 1. The van der Waals surface area contributed by atoms with Gasteiger partial charge in [-0.25, -0.2) is 9.79 Å². The molecule has 1 fully saturated rings. The van der Waals surface area contributed by atoms with Crippen molar-refractivity contribution in [2.45, 2.75) is 25.8 Å². The fourth-order valence-electron chi connectivity index (χ4n) is 5.70. The first-order chi connectivity index (χ1) is 21.4. The van der Waals surface area contributed by atoms with Crippen LogP contribution >= 0.6 is 11.3 Å². The van der Waals surface area contributed by atoms with Gasteiger partial charge < -0.3 is 14.4 Å². The first-order valence-electron chi connectivity index (χ1n) is 14.4. The van der Waals surface area contributed by atoms with Gasteiger partial charge in [0.15, 0.2) is 4.80 Å². The second-order valence-electron chi connectivity index (χ2n) is 10.4. The summed E-state index contributed by atoms with van der Waals surface area (Å²) in [6, 6.07) is 20.4. The van der Waals surface area contributed by atoms with E-state index in [-0.39, 0.29) is 23.4 Å². The highest BCUT2D eigenvalue weighted by molar-refractivity contribution is 7.07. The molecule has 1 atom stereocenters. The van der Waals surface area contributed by atoms with Crippen molar-refractivity contribution >= 4 is 40.5 Å². The van der Waals surface area contributed by atoms with Crippen LogP contribution in [0.3, 0.4) is 0 Å². The van der Waals surface area contributed by atoms with Crippen molar-refractivity contribution in [2.75, 3.05) is 31.7 Å². The molecule has 2 aliphatic rings. The third kappa shape index (κ3) is 5.42. The summed E-state index contributed by atoms with van der Waals surface area (Å²) in [6.45, 7) is 3.55. The van der Waals surface area contributed by atoms with E-state index in [0.717, 1.165) is 31.6 Å². The molecule has 0 bridgehead atoms. The number of fused-ring (bicyclic) bond motifs is 1. The van der Waals surface area contributed by atoms with E-state index in [4.69, 9.17) is 14.5 Å². The van der Waals surface area contributed by atoms with E-state index in [9.17, 15) is 19.7 Å². The van der Waals surface area contributed by atoms with Crippen LogP contribution in [0.1, 0.15) is 42.5 Å². The van der Waals surface area contributed by atoms with E-state index in [1.807, 2.05) is 42.5 Å². The lowest BCUT2D eigenvalue weighted by Gasteiger charge is -2.26. The molecule has 4 aromatic rings. The molecule has 3 heterocycles. The van der Waals surface area contributed by atoms with Crippen LogP contribution in [0.2, 0.25) is 0 Å². The number of esters is 1. The van der Waals surface area contributed by atoms with Crippen molar-refractivity contribution in [2.24, 2.45) is 4.99 Å². The monoisotopic (exact) mass is 610 g/mol. The fourth-order valence-corrected chi connectivity index (χ4v) is 6.69. The molecule has 0 unspecified atom stereocenters. The van der Waals surface area contributed by atoms with E-state index in [1.54, 1.807) is 38.3 Å². The number of nitro benzene ring substituents is 1. The van der Waals surface area contributed by atoms with Crippen LogP contribution in [-0.4, -0.2) is 42.3 Å². The van der Waals surface area contributed by atoms with Crippen molar-refractivity contribution in [3.05, 3.63) is 125 Å². The van der Waals surface area contributed by atoms with Crippen molar-refractivity contribution in [1.29, 1.82) is 0 Å². The Morgan fingerprint density at radius 2 is 1.82 bits per heavy atom. The minimum absolute atomic E-state index is 0.0564. The van der Waals surface area contributed by atoms with Crippen LogP contribution in [0.15, 0.2) is 88.2 Å². The molecule has 0 spiro atoms. The Hall–Kier alpha value is -5.03. The Bertz CT molecular complexity index is 1940. The van der Waals surface area contributed by atoms with Gasteiger partial charge in [-0.1, -0.05) is 53.8 Å². The third-order valence-electron chi connectivity index (χ3n) is 7.76. The molecular formula is C33H30N4O6S. The van der Waals surface area contributed by atoms with Gasteiger partial charge in [0.2, 0.25) is 0 Å². The number of ether oxygens (including phenoxy) is 2. The van der Waals surface area contributed by atoms with Gasteiger partial charge in [-0.05, 0) is 49.6 Å². The predicted octanol–water partition coefficient (Wildman–Crippen LogP) is 4.45. The molecule has 44 heavy (non-hydrogen) atoms. The van der Waals surface area contributed by atoms with Gasteiger partial charge in [0.05, 0.1) is 40.5 Å². The second-order valence-corrected chi connectivity index (χ2v) is 11.4. The lowest BCUT2D eigenvalue weighted by atomic mass is 9.93. The smallest absolute Gasteiger partial charge is 0.338 e. The van der Waals surface area contributed by atoms with Crippen LogP contribution in [0, 0.1) is 10.1 Å². The first kappa shape index (κ1) is 29.1. The highest BCUT2D eigenvalue weighted by atomic mass is 32.1. The Morgan fingerprint density at radius 3 is 2.48 bits per heavy atom. The molecule has 224 valence electrons. The SMILES string of the molecule is CCOC(=O)C1=C(c2ccccc2)N=c2s/c(=C\c3cc([N+](=O)[O-])ccc3N3CCCC3)c(=O)n2[C@H]1c1ccc(OC)cc1. The van der Waals surface area contributed by atoms with E-state index >= 15 is 0 Å². The van der Waals surface area contributed by atoms with Crippen molar-refractivity contribution in [3.63, 3.8) is 0 Å². The Morgan fingerprint density at radius 1 is 1.09 bits per heavy atom. The summed E-state index contributed by atoms with van der Waals surface area (Å²) in [5, 5.41) is 11.7. The number of thiazole rings is 1. The first-order valence-corrected chi connectivity index (χ1v) is 15.2. The number of hydrogen-bond donors (Lipinski definition) is 0. The number of rotatable bonds is 8. The number of nitrogens with zero attached hydrogens (tertiary/aromatic N) is 4. The highest BCUT2D eigenvalue weighted by Gasteiger charge is 2.35. The van der Waals surface area contributed by atoms with Gasteiger partial charge in [-0.3, -0.25) is 19.5 Å². The van der Waals surface area contributed by atoms with Gasteiger partial charge >= 0.3 is 5.97 Å². The summed E-state index contributed by atoms with van der Waals surface area (Å²) >= 11 is 1.18. The number of anilines is 1. The molecule has 1 saturated heterocycles. The Balaban J connectivity index is 1.62. The number of hydrogen-bond acceptors (Lipinski definition) is 9. The normalized spacial score (nSPS) is 16.5. The van der Waals surface area contributed by atoms with Crippen molar-refractivity contribution in [1.82, 2.24) is 4.57 Å². The molecule has 0 saturated carbocycles. The molecule has 3 aromatic carbocycles. The number of benzene rings is 3. The van der Waals surface area contributed by atoms with Gasteiger partial charge in [-0.15, -0.1) is 0 Å². The van der Waals surface area contributed by atoms with Crippen LogP contribution < -0.4 is 24.5 Å². The van der Waals surface area contributed by atoms with Gasteiger partial charge in [0.25, 0.3) is 11.2 Å². The van der Waals surface area contributed by atoms with Crippen molar-refractivity contribution in [3.8, 4) is 5.75 Å². The minimum atomic E-state index is -0.836. The minimum Gasteiger partial charge on any atom is -0.497 e. The Kier molecular flexibility index (Phi) is 8.12. The molecule has 1 aromatic heterocycles. The Labute approximate surface area is 257 Å². The number of carbonyl (C=O) groups excluding carboxylic acids is 1. The molecule has 6 rings (SSSR count). The predicted molar refractivity (Wildman–Crippen MR) is 169 cm³/mol. The third-order valence-corrected chi connectivity index (χ3v) is 8.74. The summed E-state index contributed by atoms with van der Waals surface area (Å²) in [4.78, 5) is 46.6. The van der Waals surface area contributed by atoms with E-state index < -0.39 is 16.9 Å². The van der Waals surface area contributed by atoms with Gasteiger partial charge in [0, 0.05) is 42.0 Å². The maximum Gasteiger partial charge on any atom is 0.338 e. The fraction of sp³-hybridized carbons (Fsp3) is 0.242. The zero-order valence-electron chi connectivity index (χ0n) is 24.3. The molecule has 0 aliphatic carbocycles. The average Bonchev–Trinajstić information content (AvgIpc) is 3.69. The molecule has 0 N–H and O–H groups in total. The molecule has 0 radical (unpaired) electrons. The van der Waals surface area contributed by atoms with Crippen LogP contribution in [-0.2, 0) is 9.53 Å². The summed E-state index contributed by atoms with van der Waals surface area (Å²) in [6.07, 6.45) is 3.75. The lowest BCUT2D eigenvalue weighted by molar-refractivity contribution is -0.384. The summed E-state index contributed by atoms with van der Waals surface area (Å²) in [7, 11) is 1.57. The molecule has 0 amide bonds. The van der Waals surface area contributed by atoms with Crippen LogP contribution in [0.4, 0.5) is 11.4 Å². The maximum atomic E-state index is 14.3. The van der Waals surface area contributed by atoms with Gasteiger partial charge in [-0.2, -0.15) is 0 Å². The largest absolute Gasteiger partial charge is 0.497 e. The number of carbonyl (C=O) groups is 1. The summed E-state index contributed by atoms with van der Waals surface area (Å²) in [5.41, 5.74) is 3.06. The topological polar surface area (TPSA) is 116 Å². The van der Waals surface area contributed by atoms with E-state index in [1.165, 1.54) is 28.0 Å². The number of methoxy groups -OCH3 is 1. The highest BCUT2D eigenvalue weighted by Crippen LogP contribution is 2.36. The summed E-state index contributed by atoms with van der Waals surface area (Å²) in [5.74, 6) is 0.0615. The molecule has 2 aliphatic heterocycles. The van der Waals surface area contributed by atoms with E-state index in [0.29, 0.717) is 37.5 Å². The molecule has 11 heteroatoms. The zero-order chi connectivity index (χ0) is 30.8. The van der Waals surface area contributed by atoms with E-state index in [2.05, 4.69) is 4.90 Å².